The number of nitrogen functional groups attached to an aromatic ring is 1. The second kappa shape index (κ2) is 10.3. The van der Waals surface area contributed by atoms with Gasteiger partial charge >= 0.3 is 0 Å². The highest BCUT2D eigenvalue weighted by Crippen LogP contribution is 2.31. The van der Waals surface area contributed by atoms with Gasteiger partial charge in [-0.2, -0.15) is 0 Å². The third kappa shape index (κ3) is 5.26. The Morgan fingerprint density at radius 3 is 2.29 bits per heavy atom. The molecule has 0 aliphatic carbocycles. The number of benzene rings is 2. The molecule has 0 amide bonds. The largest absolute Gasteiger partial charge is 0.382 e. The van der Waals surface area contributed by atoms with E-state index in [1.165, 1.54) is 4.90 Å². The third-order valence-corrected chi connectivity index (χ3v) is 6.75. The standard InChI is InChI=1S/C25H25F2N5OS/c1-3-14(2)34-18-10-8-16(9-11-18)20-13-30-25(29)23(31-20)21-12-19(32-33-21)15-4-6-17(7-5-15)22(28)24(26)27/h4-14,22,24H,3,28H2,1-2H3,(H2,29,30). The van der Waals surface area contributed by atoms with Crippen LogP contribution in [0, 0.1) is 0 Å². The molecular formula is C25H25F2N5OS. The molecule has 2 aromatic carbocycles. The molecule has 0 fully saturated rings. The molecule has 6 nitrogen and oxygen atoms in total. The average molecular weight is 482 g/mol. The number of nitrogens with zero attached hydrogens (tertiary/aromatic N) is 3. The molecule has 0 bridgehead atoms. The summed E-state index contributed by atoms with van der Waals surface area (Å²) in [6.45, 7) is 4.37. The highest BCUT2D eigenvalue weighted by atomic mass is 32.2. The van der Waals surface area contributed by atoms with Crippen LogP contribution >= 0.6 is 11.8 Å². The lowest BCUT2D eigenvalue weighted by molar-refractivity contribution is 0.116. The maximum Gasteiger partial charge on any atom is 0.257 e. The summed E-state index contributed by atoms with van der Waals surface area (Å²) in [5.74, 6) is 0.577. The summed E-state index contributed by atoms with van der Waals surface area (Å²) >= 11 is 1.83. The van der Waals surface area contributed by atoms with E-state index in [0.717, 1.165) is 12.0 Å². The minimum Gasteiger partial charge on any atom is -0.382 e. The molecule has 2 unspecified atom stereocenters. The van der Waals surface area contributed by atoms with Gasteiger partial charge in [0.25, 0.3) is 6.43 Å². The fraction of sp³-hybridized carbons (Fsp3) is 0.240. The Bertz CT molecular complexity index is 1250. The van der Waals surface area contributed by atoms with Crippen LogP contribution in [0.5, 0.6) is 0 Å². The number of hydrogen-bond donors (Lipinski definition) is 2. The molecule has 2 aromatic heterocycles. The Morgan fingerprint density at radius 1 is 1.00 bits per heavy atom. The fourth-order valence-corrected chi connectivity index (χ4v) is 4.21. The lowest BCUT2D eigenvalue weighted by Gasteiger charge is -2.10. The number of rotatable bonds is 8. The molecule has 4 N–H and O–H groups in total. The summed E-state index contributed by atoms with van der Waals surface area (Å²) in [6, 6.07) is 15.0. The molecule has 0 aliphatic heterocycles. The molecule has 0 saturated heterocycles. The lowest BCUT2D eigenvalue weighted by atomic mass is 10.0. The van der Waals surface area contributed by atoms with Crippen LogP contribution in [0.25, 0.3) is 34.0 Å². The van der Waals surface area contributed by atoms with Crippen molar-refractivity contribution in [1.29, 1.82) is 0 Å². The molecule has 9 heteroatoms. The van der Waals surface area contributed by atoms with E-state index in [1.807, 2.05) is 23.9 Å². The maximum atomic E-state index is 12.8. The van der Waals surface area contributed by atoms with Crippen LogP contribution in [0.1, 0.15) is 31.9 Å². The zero-order chi connectivity index (χ0) is 24.2. The van der Waals surface area contributed by atoms with Gasteiger partial charge in [0.05, 0.1) is 17.9 Å². The van der Waals surface area contributed by atoms with Crippen molar-refractivity contribution in [2.75, 3.05) is 5.73 Å². The minimum absolute atomic E-state index is 0.216. The molecular weight excluding hydrogens is 456 g/mol. The van der Waals surface area contributed by atoms with Crippen molar-refractivity contribution in [1.82, 2.24) is 15.1 Å². The van der Waals surface area contributed by atoms with Gasteiger partial charge in [0.15, 0.2) is 17.3 Å². The summed E-state index contributed by atoms with van der Waals surface area (Å²) in [7, 11) is 0. The second-order valence-corrected chi connectivity index (χ2v) is 9.42. The summed E-state index contributed by atoms with van der Waals surface area (Å²) in [5.41, 5.74) is 15.1. The Balaban J connectivity index is 1.57. The van der Waals surface area contributed by atoms with Gasteiger partial charge in [-0.25, -0.2) is 18.7 Å². The van der Waals surface area contributed by atoms with Gasteiger partial charge in [-0.1, -0.05) is 55.4 Å². The fourth-order valence-electron chi connectivity index (χ4n) is 3.28. The normalized spacial score (nSPS) is 13.2. The van der Waals surface area contributed by atoms with Gasteiger partial charge in [0.1, 0.15) is 5.69 Å². The predicted octanol–water partition coefficient (Wildman–Crippen LogP) is 6.20. The smallest absolute Gasteiger partial charge is 0.257 e. The zero-order valence-electron chi connectivity index (χ0n) is 18.8. The van der Waals surface area contributed by atoms with E-state index < -0.39 is 12.5 Å². The summed E-state index contributed by atoms with van der Waals surface area (Å²) < 4.78 is 31.1. The van der Waals surface area contributed by atoms with E-state index in [1.54, 1.807) is 36.5 Å². The number of nitrogens with two attached hydrogens (primary N) is 2. The van der Waals surface area contributed by atoms with Crippen molar-refractivity contribution in [2.45, 2.75) is 42.9 Å². The molecule has 2 heterocycles. The maximum absolute atomic E-state index is 12.8. The second-order valence-electron chi connectivity index (χ2n) is 7.91. The first kappa shape index (κ1) is 23.8. The van der Waals surface area contributed by atoms with Gasteiger partial charge in [-0.3, -0.25) is 0 Å². The highest BCUT2D eigenvalue weighted by Gasteiger charge is 2.19. The van der Waals surface area contributed by atoms with Crippen LogP contribution in [0.3, 0.4) is 0 Å². The monoisotopic (exact) mass is 481 g/mol. The average Bonchev–Trinajstić information content (AvgIpc) is 3.34. The van der Waals surface area contributed by atoms with Gasteiger partial charge in [-0.15, -0.1) is 11.8 Å². The number of halogens is 2. The van der Waals surface area contributed by atoms with Crippen molar-refractivity contribution >= 4 is 17.6 Å². The molecule has 4 rings (SSSR count). The first-order valence-corrected chi connectivity index (χ1v) is 11.7. The van der Waals surface area contributed by atoms with Crippen LogP contribution in [0.15, 0.2) is 70.2 Å². The van der Waals surface area contributed by atoms with Crippen molar-refractivity contribution in [3.05, 3.63) is 66.4 Å². The van der Waals surface area contributed by atoms with Crippen LogP contribution in [0.4, 0.5) is 14.6 Å². The van der Waals surface area contributed by atoms with E-state index in [2.05, 4.69) is 41.1 Å². The van der Waals surface area contributed by atoms with Crippen molar-refractivity contribution in [3.8, 4) is 34.0 Å². The highest BCUT2D eigenvalue weighted by molar-refractivity contribution is 7.99. The summed E-state index contributed by atoms with van der Waals surface area (Å²) in [4.78, 5) is 10.1. The molecule has 0 spiro atoms. The van der Waals surface area contributed by atoms with E-state index >= 15 is 0 Å². The van der Waals surface area contributed by atoms with Gasteiger partial charge < -0.3 is 16.0 Å². The topological polar surface area (TPSA) is 104 Å². The molecule has 0 aliphatic rings. The van der Waals surface area contributed by atoms with Crippen LogP contribution in [-0.2, 0) is 0 Å². The van der Waals surface area contributed by atoms with Crippen LogP contribution < -0.4 is 11.5 Å². The summed E-state index contributed by atoms with van der Waals surface area (Å²) in [5, 5.41) is 4.63. The van der Waals surface area contributed by atoms with Gasteiger partial charge in [0, 0.05) is 27.3 Å². The number of aromatic nitrogens is 3. The minimum atomic E-state index is -2.63. The Labute approximate surface area is 200 Å². The van der Waals surface area contributed by atoms with Gasteiger partial charge in [-0.05, 0) is 24.1 Å². The number of hydrogen-bond acceptors (Lipinski definition) is 7. The summed E-state index contributed by atoms with van der Waals surface area (Å²) in [6.07, 6.45) is 0.0946. The molecule has 4 aromatic rings. The SMILES string of the molecule is CCC(C)Sc1ccc(-c2cnc(N)c(-c3cc(-c4ccc(C(N)C(F)F)cc4)no3)n2)cc1. The lowest BCUT2D eigenvalue weighted by Crippen LogP contribution is -2.18. The van der Waals surface area contributed by atoms with Crippen molar-refractivity contribution in [2.24, 2.45) is 5.73 Å². The number of thioether (sulfide) groups is 1. The van der Waals surface area contributed by atoms with E-state index in [0.29, 0.717) is 39.2 Å². The van der Waals surface area contributed by atoms with Crippen LogP contribution in [-0.4, -0.2) is 26.8 Å². The zero-order valence-corrected chi connectivity index (χ0v) is 19.6. The van der Waals surface area contributed by atoms with Crippen LogP contribution in [0.2, 0.25) is 0 Å². The molecule has 176 valence electrons. The molecule has 2 atom stereocenters. The third-order valence-electron chi connectivity index (χ3n) is 5.47. The molecule has 0 radical (unpaired) electrons. The Morgan fingerprint density at radius 2 is 1.65 bits per heavy atom. The first-order valence-electron chi connectivity index (χ1n) is 10.9. The Kier molecular flexibility index (Phi) is 7.23. The molecule has 0 saturated carbocycles. The van der Waals surface area contributed by atoms with E-state index in [4.69, 9.17) is 16.0 Å². The quantitative estimate of drug-likeness (QED) is 0.289. The number of alkyl halides is 2. The predicted molar refractivity (Wildman–Crippen MR) is 131 cm³/mol. The van der Waals surface area contributed by atoms with E-state index in [9.17, 15) is 8.78 Å². The van der Waals surface area contributed by atoms with Crippen molar-refractivity contribution in [3.63, 3.8) is 0 Å². The number of anilines is 1. The molecule has 34 heavy (non-hydrogen) atoms. The van der Waals surface area contributed by atoms with E-state index in [-0.39, 0.29) is 5.82 Å². The Hall–Kier alpha value is -3.30. The van der Waals surface area contributed by atoms with Gasteiger partial charge in [0.2, 0.25) is 0 Å². The van der Waals surface area contributed by atoms with Crippen molar-refractivity contribution < 1.29 is 13.3 Å². The first-order chi connectivity index (χ1) is 16.4.